The Hall–Kier alpha value is -2.56. The van der Waals surface area contributed by atoms with Gasteiger partial charge in [-0.05, 0) is 53.9 Å². The molecule has 1 N–H and O–H groups in total. The number of nitrogens with zero attached hydrogens (tertiary/aromatic N) is 1. The van der Waals surface area contributed by atoms with Crippen molar-refractivity contribution in [3.8, 4) is 5.75 Å². The van der Waals surface area contributed by atoms with Crippen molar-refractivity contribution in [1.82, 2.24) is 4.90 Å². The zero-order valence-electron chi connectivity index (χ0n) is 16.3. The Morgan fingerprint density at radius 1 is 1.10 bits per heavy atom. The maximum atomic E-state index is 12.1. The van der Waals surface area contributed by atoms with Gasteiger partial charge in [-0.3, -0.25) is 9.69 Å². The summed E-state index contributed by atoms with van der Waals surface area (Å²) in [7, 11) is 1.64. The molecule has 0 aliphatic carbocycles. The molecule has 1 fully saturated rings. The maximum Gasteiger partial charge on any atom is 0.320 e. The number of carbonyl (C=O) groups is 1. The molecule has 29 heavy (non-hydrogen) atoms. The number of carboxylic acid groups (broad SMARTS) is 1. The van der Waals surface area contributed by atoms with Crippen LogP contribution in [0.4, 0.5) is 0 Å². The van der Waals surface area contributed by atoms with Crippen LogP contribution in [0.5, 0.6) is 5.75 Å². The average molecular weight is 410 g/mol. The van der Waals surface area contributed by atoms with Crippen molar-refractivity contribution < 1.29 is 14.6 Å². The third-order valence-electron chi connectivity index (χ3n) is 5.77. The van der Waals surface area contributed by atoms with Gasteiger partial charge in [0, 0.05) is 10.6 Å². The largest absolute Gasteiger partial charge is 0.496 e. The predicted molar refractivity (Wildman–Crippen MR) is 116 cm³/mol. The van der Waals surface area contributed by atoms with Crippen molar-refractivity contribution in [2.24, 2.45) is 0 Å². The molecular weight excluding hydrogens is 386 g/mol. The van der Waals surface area contributed by atoms with Crippen LogP contribution in [-0.2, 0) is 4.79 Å². The zero-order valence-corrected chi connectivity index (χ0v) is 17.1. The Balaban J connectivity index is 1.97. The third kappa shape index (κ3) is 3.83. The van der Waals surface area contributed by atoms with Crippen molar-refractivity contribution >= 4 is 28.3 Å². The lowest BCUT2D eigenvalue weighted by molar-refractivity contribution is -0.145. The number of piperidine rings is 1. The monoisotopic (exact) mass is 409 g/mol. The van der Waals surface area contributed by atoms with Gasteiger partial charge in [0.1, 0.15) is 11.8 Å². The number of ether oxygens (including phenoxy) is 1. The molecule has 1 aliphatic heterocycles. The van der Waals surface area contributed by atoms with Gasteiger partial charge in [0.2, 0.25) is 0 Å². The van der Waals surface area contributed by atoms with Crippen LogP contribution in [0.1, 0.15) is 36.4 Å². The summed E-state index contributed by atoms with van der Waals surface area (Å²) < 4.78 is 5.67. The van der Waals surface area contributed by atoms with Crippen LogP contribution in [0.25, 0.3) is 10.8 Å². The van der Waals surface area contributed by atoms with Gasteiger partial charge in [-0.15, -0.1) is 0 Å². The molecule has 4 rings (SSSR count). The number of fused-ring (bicyclic) bond motifs is 1. The molecule has 1 heterocycles. The highest BCUT2D eigenvalue weighted by Crippen LogP contribution is 2.41. The first kappa shape index (κ1) is 19.7. The predicted octanol–water partition coefficient (Wildman–Crippen LogP) is 5.53. The van der Waals surface area contributed by atoms with Gasteiger partial charge in [0.25, 0.3) is 0 Å². The summed E-state index contributed by atoms with van der Waals surface area (Å²) in [6.07, 6.45) is 2.52. The fraction of sp³-hybridized carbons (Fsp3) is 0.292. The molecule has 0 amide bonds. The summed E-state index contributed by atoms with van der Waals surface area (Å²) in [4.78, 5) is 14.2. The van der Waals surface area contributed by atoms with Gasteiger partial charge in [0.15, 0.2) is 0 Å². The number of benzene rings is 3. The van der Waals surface area contributed by atoms with E-state index in [1.165, 1.54) is 0 Å². The standard InChI is InChI=1S/C24H24ClNO3/c1-29-22-13-12-17(25)15-20(22)23(26-14-5-4-11-21(26)24(27)28)19-10-6-8-16-7-2-3-9-18(16)19/h2-3,6-10,12-13,15,21,23H,4-5,11,14H2,1H3,(H,27,28). The van der Waals surface area contributed by atoms with Gasteiger partial charge in [-0.1, -0.05) is 60.5 Å². The second kappa shape index (κ2) is 8.44. The van der Waals surface area contributed by atoms with E-state index in [1.807, 2.05) is 30.3 Å². The topological polar surface area (TPSA) is 49.8 Å². The molecule has 0 radical (unpaired) electrons. The second-order valence-corrected chi connectivity index (χ2v) is 7.88. The third-order valence-corrected chi connectivity index (χ3v) is 6.00. The lowest BCUT2D eigenvalue weighted by Gasteiger charge is -2.40. The van der Waals surface area contributed by atoms with Crippen molar-refractivity contribution in [2.45, 2.75) is 31.3 Å². The number of halogens is 1. The van der Waals surface area contributed by atoms with E-state index < -0.39 is 12.0 Å². The quantitative estimate of drug-likeness (QED) is 0.601. The normalized spacial score (nSPS) is 18.5. The van der Waals surface area contributed by atoms with Crippen LogP contribution in [0.3, 0.4) is 0 Å². The van der Waals surface area contributed by atoms with E-state index >= 15 is 0 Å². The number of aliphatic carboxylic acids is 1. The van der Waals surface area contributed by atoms with E-state index in [9.17, 15) is 9.90 Å². The molecule has 0 spiro atoms. The fourth-order valence-corrected chi connectivity index (χ4v) is 4.64. The first-order valence-electron chi connectivity index (χ1n) is 9.90. The highest BCUT2D eigenvalue weighted by atomic mass is 35.5. The summed E-state index contributed by atoms with van der Waals surface area (Å²) in [5, 5.41) is 12.8. The van der Waals surface area contributed by atoms with E-state index in [2.05, 4.69) is 29.2 Å². The van der Waals surface area contributed by atoms with E-state index in [0.29, 0.717) is 23.7 Å². The number of rotatable bonds is 5. The van der Waals surface area contributed by atoms with E-state index in [0.717, 1.165) is 34.7 Å². The van der Waals surface area contributed by atoms with E-state index in [-0.39, 0.29) is 6.04 Å². The van der Waals surface area contributed by atoms with Crippen LogP contribution in [-0.4, -0.2) is 35.7 Å². The number of methoxy groups -OCH3 is 1. The summed E-state index contributed by atoms with van der Waals surface area (Å²) in [6, 6.07) is 19.1. The highest BCUT2D eigenvalue weighted by Gasteiger charge is 2.37. The molecule has 1 aliphatic rings. The van der Waals surface area contributed by atoms with Crippen molar-refractivity contribution in [3.05, 3.63) is 76.8 Å². The summed E-state index contributed by atoms with van der Waals surface area (Å²) in [5.74, 6) is -0.0713. The molecule has 5 heteroatoms. The smallest absolute Gasteiger partial charge is 0.320 e. The Bertz CT molecular complexity index is 1030. The molecule has 3 aromatic rings. The van der Waals surface area contributed by atoms with E-state index in [1.54, 1.807) is 13.2 Å². The van der Waals surface area contributed by atoms with Gasteiger partial charge < -0.3 is 9.84 Å². The SMILES string of the molecule is COc1ccc(Cl)cc1C(c1cccc2ccccc12)N1CCCCC1C(=O)O. The van der Waals surface area contributed by atoms with E-state index in [4.69, 9.17) is 16.3 Å². The summed E-state index contributed by atoms with van der Waals surface area (Å²) in [6.45, 7) is 0.709. The molecule has 3 aromatic carbocycles. The van der Waals surface area contributed by atoms with Crippen LogP contribution in [0.2, 0.25) is 5.02 Å². The zero-order chi connectivity index (χ0) is 20.4. The Morgan fingerprint density at radius 3 is 2.69 bits per heavy atom. The second-order valence-electron chi connectivity index (χ2n) is 7.44. The molecule has 0 saturated carbocycles. The first-order valence-corrected chi connectivity index (χ1v) is 10.3. The number of hydrogen-bond donors (Lipinski definition) is 1. The fourth-order valence-electron chi connectivity index (χ4n) is 4.46. The minimum absolute atomic E-state index is 0.267. The van der Waals surface area contributed by atoms with Gasteiger partial charge in [0.05, 0.1) is 13.2 Å². The first-order chi connectivity index (χ1) is 14.1. The molecule has 0 aromatic heterocycles. The van der Waals surface area contributed by atoms with Crippen LogP contribution < -0.4 is 4.74 Å². The minimum atomic E-state index is -0.782. The Morgan fingerprint density at radius 2 is 1.90 bits per heavy atom. The molecule has 4 nitrogen and oxygen atoms in total. The molecule has 150 valence electrons. The van der Waals surface area contributed by atoms with Gasteiger partial charge >= 0.3 is 5.97 Å². The van der Waals surface area contributed by atoms with Crippen molar-refractivity contribution in [1.29, 1.82) is 0 Å². The van der Waals surface area contributed by atoms with Gasteiger partial charge in [-0.2, -0.15) is 0 Å². The average Bonchev–Trinajstić information content (AvgIpc) is 2.74. The Labute approximate surface area is 175 Å². The van der Waals surface area contributed by atoms with Crippen LogP contribution >= 0.6 is 11.6 Å². The molecule has 1 saturated heterocycles. The Kier molecular flexibility index (Phi) is 5.74. The van der Waals surface area contributed by atoms with Crippen molar-refractivity contribution in [3.63, 3.8) is 0 Å². The molecule has 2 unspecified atom stereocenters. The number of carboxylic acids is 1. The lowest BCUT2D eigenvalue weighted by Crippen LogP contribution is -2.47. The maximum absolute atomic E-state index is 12.1. The van der Waals surface area contributed by atoms with Crippen LogP contribution in [0.15, 0.2) is 60.7 Å². The highest BCUT2D eigenvalue weighted by molar-refractivity contribution is 6.30. The van der Waals surface area contributed by atoms with Crippen LogP contribution in [0, 0.1) is 0 Å². The number of hydrogen-bond acceptors (Lipinski definition) is 3. The molecular formula is C24H24ClNO3. The van der Waals surface area contributed by atoms with Crippen molar-refractivity contribution in [2.75, 3.05) is 13.7 Å². The minimum Gasteiger partial charge on any atom is -0.496 e. The lowest BCUT2D eigenvalue weighted by atomic mass is 9.88. The molecule has 2 atom stereocenters. The summed E-state index contributed by atoms with van der Waals surface area (Å²) in [5.41, 5.74) is 1.96. The number of likely N-dealkylation sites (tertiary alicyclic amines) is 1. The van der Waals surface area contributed by atoms with Gasteiger partial charge in [-0.25, -0.2) is 0 Å². The summed E-state index contributed by atoms with van der Waals surface area (Å²) >= 11 is 6.37. The molecule has 0 bridgehead atoms.